The molecule has 0 fully saturated rings. The van der Waals surface area contributed by atoms with Gasteiger partial charge in [-0.25, -0.2) is 4.98 Å². The summed E-state index contributed by atoms with van der Waals surface area (Å²) in [7, 11) is 0. The van der Waals surface area contributed by atoms with Gasteiger partial charge in [0, 0.05) is 17.9 Å². The monoisotopic (exact) mass is 339 g/mol. The van der Waals surface area contributed by atoms with Gasteiger partial charge < -0.3 is 0 Å². The largest absolute Gasteiger partial charge is 0.287 e. The first-order valence-corrected chi connectivity index (χ1v) is 8.05. The highest BCUT2D eigenvalue weighted by Crippen LogP contribution is 2.35. The molecule has 0 saturated carbocycles. The summed E-state index contributed by atoms with van der Waals surface area (Å²) in [6.07, 6.45) is 1.63. The van der Waals surface area contributed by atoms with Gasteiger partial charge in [-0.05, 0) is 42.5 Å². The lowest BCUT2D eigenvalue weighted by Gasteiger charge is -2.15. The first-order chi connectivity index (χ1) is 12.6. The Balaban J connectivity index is 1.83. The van der Waals surface area contributed by atoms with E-state index in [0.29, 0.717) is 28.2 Å². The molecule has 0 N–H and O–H groups in total. The molecule has 0 saturated heterocycles. The maximum Gasteiger partial charge on any atom is 0.228 e. The van der Waals surface area contributed by atoms with Crippen LogP contribution in [-0.2, 0) is 4.79 Å². The number of nitrogens with zero attached hydrogens (tertiary/aromatic N) is 3. The number of fused-ring (bicyclic) bond motifs is 2. The maximum absolute atomic E-state index is 12.7. The van der Waals surface area contributed by atoms with Crippen molar-refractivity contribution in [2.24, 2.45) is 0 Å². The Kier molecular flexibility index (Phi) is 3.59. The number of pyridine rings is 1. The number of Topliss-reactive ketones (excluding diaryl/α,β-unsaturated/α-hetero) is 1. The van der Waals surface area contributed by atoms with Crippen molar-refractivity contribution in [2.45, 2.75) is 6.92 Å². The van der Waals surface area contributed by atoms with Crippen LogP contribution in [0.25, 0.3) is 17.0 Å². The topological polar surface area (TPSA) is 74.1 Å². The summed E-state index contributed by atoms with van der Waals surface area (Å²) in [5, 5.41) is 9.83. The maximum atomic E-state index is 12.7. The van der Waals surface area contributed by atoms with Crippen molar-refractivity contribution in [3.05, 3.63) is 77.1 Å². The molecule has 1 amide bonds. The van der Waals surface area contributed by atoms with Gasteiger partial charge in [-0.15, -0.1) is 0 Å². The van der Waals surface area contributed by atoms with Gasteiger partial charge in [-0.3, -0.25) is 14.5 Å². The van der Waals surface area contributed by atoms with Gasteiger partial charge in [0.15, 0.2) is 0 Å². The van der Waals surface area contributed by atoms with Crippen molar-refractivity contribution in [1.29, 1.82) is 5.26 Å². The average Bonchev–Trinajstić information content (AvgIpc) is 2.93. The van der Waals surface area contributed by atoms with Crippen molar-refractivity contribution in [2.75, 3.05) is 4.90 Å². The molecule has 0 unspecified atom stereocenters. The van der Waals surface area contributed by atoms with E-state index >= 15 is 0 Å². The zero-order valence-corrected chi connectivity index (χ0v) is 13.9. The predicted molar refractivity (Wildman–Crippen MR) is 98.4 cm³/mol. The highest BCUT2D eigenvalue weighted by molar-refractivity contribution is 6.26. The van der Waals surface area contributed by atoms with Gasteiger partial charge in [0.05, 0.1) is 34.2 Å². The Morgan fingerprint density at radius 3 is 2.73 bits per heavy atom. The summed E-state index contributed by atoms with van der Waals surface area (Å²) < 4.78 is 0. The summed E-state index contributed by atoms with van der Waals surface area (Å²) >= 11 is 0. The Hall–Kier alpha value is -3.78. The highest BCUT2D eigenvalue weighted by atomic mass is 16.2. The fourth-order valence-corrected chi connectivity index (χ4v) is 3.13. The molecule has 5 nitrogen and oxygen atoms in total. The molecule has 124 valence electrons. The van der Waals surface area contributed by atoms with Crippen LogP contribution in [0.2, 0.25) is 0 Å². The van der Waals surface area contributed by atoms with Crippen LogP contribution >= 0.6 is 0 Å². The minimum Gasteiger partial charge on any atom is -0.287 e. The van der Waals surface area contributed by atoms with Gasteiger partial charge in [0.25, 0.3) is 0 Å². The molecule has 0 aliphatic carbocycles. The second-order valence-corrected chi connectivity index (χ2v) is 5.99. The SMILES string of the molecule is CC(=O)N1/C(=C/c2ccc3cc(C#N)ccc3n2)C(=O)c2ccccc21. The average molecular weight is 339 g/mol. The molecule has 5 heteroatoms. The Bertz CT molecular complexity index is 1160. The van der Waals surface area contributed by atoms with Crippen molar-refractivity contribution < 1.29 is 9.59 Å². The molecule has 0 spiro atoms. The standard InChI is InChI=1S/C21H13N3O2/c1-13(25)24-19-5-3-2-4-17(19)21(26)20(24)11-16-8-7-15-10-14(12-22)6-9-18(15)23-16/h2-11H,1H3/b20-11+. The molecule has 3 aromatic rings. The van der Waals surface area contributed by atoms with E-state index in [1.54, 1.807) is 54.6 Å². The normalized spacial score (nSPS) is 14.5. The number of nitriles is 1. The summed E-state index contributed by atoms with van der Waals surface area (Å²) in [5.74, 6) is -0.425. The van der Waals surface area contributed by atoms with E-state index in [1.165, 1.54) is 11.8 Å². The number of allylic oxidation sites excluding steroid dienone is 1. The van der Waals surface area contributed by atoms with E-state index in [9.17, 15) is 9.59 Å². The third kappa shape index (κ3) is 2.45. The van der Waals surface area contributed by atoms with Crippen molar-refractivity contribution in [3.63, 3.8) is 0 Å². The number of anilines is 1. The number of para-hydroxylation sites is 1. The molecule has 0 atom stereocenters. The molecule has 1 aliphatic rings. The number of ketones is 1. The fourth-order valence-electron chi connectivity index (χ4n) is 3.13. The first-order valence-electron chi connectivity index (χ1n) is 8.05. The Morgan fingerprint density at radius 2 is 1.96 bits per heavy atom. The van der Waals surface area contributed by atoms with Crippen LogP contribution < -0.4 is 4.90 Å². The third-order valence-electron chi connectivity index (χ3n) is 4.30. The molecule has 1 aromatic heterocycles. The van der Waals surface area contributed by atoms with Crippen LogP contribution in [0.1, 0.15) is 28.5 Å². The zero-order chi connectivity index (χ0) is 18.3. The van der Waals surface area contributed by atoms with E-state index in [4.69, 9.17) is 5.26 Å². The number of hydrogen-bond donors (Lipinski definition) is 0. The quantitative estimate of drug-likeness (QED) is 0.634. The van der Waals surface area contributed by atoms with Crippen LogP contribution in [-0.4, -0.2) is 16.7 Å². The van der Waals surface area contributed by atoms with Crippen LogP contribution in [0.5, 0.6) is 0 Å². The molecular formula is C21H13N3O2. The Labute approximate surface area is 149 Å². The highest BCUT2D eigenvalue weighted by Gasteiger charge is 2.34. The molecule has 4 rings (SSSR count). The minimum atomic E-state index is -0.228. The van der Waals surface area contributed by atoms with Gasteiger partial charge in [-0.1, -0.05) is 18.2 Å². The Morgan fingerprint density at radius 1 is 1.15 bits per heavy atom. The predicted octanol–water partition coefficient (Wildman–Crippen LogP) is 3.70. The lowest BCUT2D eigenvalue weighted by molar-refractivity contribution is -0.116. The molecule has 0 bridgehead atoms. The van der Waals surface area contributed by atoms with Gasteiger partial charge in [-0.2, -0.15) is 5.26 Å². The fraction of sp³-hybridized carbons (Fsp3) is 0.0476. The molecule has 26 heavy (non-hydrogen) atoms. The second kappa shape index (κ2) is 5.94. The number of hydrogen-bond acceptors (Lipinski definition) is 4. The van der Waals surface area contributed by atoms with Gasteiger partial charge >= 0.3 is 0 Å². The van der Waals surface area contributed by atoms with Crippen LogP contribution in [0, 0.1) is 11.3 Å². The van der Waals surface area contributed by atoms with Gasteiger partial charge in [0.1, 0.15) is 0 Å². The zero-order valence-electron chi connectivity index (χ0n) is 13.9. The molecule has 2 aromatic carbocycles. The van der Waals surface area contributed by atoms with Crippen molar-refractivity contribution in [3.8, 4) is 6.07 Å². The second-order valence-electron chi connectivity index (χ2n) is 5.99. The summed E-state index contributed by atoms with van der Waals surface area (Å²) in [6.45, 7) is 1.43. The van der Waals surface area contributed by atoms with E-state index < -0.39 is 0 Å². The smallest absolute Gasteiger partial charge is 0.228 e. The van der Waals surface area contributed by atoms with Crippen LogP contribution in [0.15, 0.2) is 60.3 Å². The third-order valence-corrected chi connectivity index (χ3v) is 4.30. The van der Waals surface area contributed by atoms with E-state index in [1.807, 2.05) is 6.07 Å². The first kappa shape index (κ1) is 15.7. The van der Waals surface area contributed by atoms with Gasteiger partial charge in [0.2, 0.25) is 11.7 Å². The summed E-state index contributed by atoms with van der Waals surface area (Å²) in [4.78, 5) is 30.8. The van der Waals surface area contributed by atoms with Crippen molar-refractivity contribution >= 4 is 34.4 Å². The van der Waals surface area contributed by atoms with E-state index in [0.717, 1.165) is 10.9 Å². The molecule has 2 heterocycles. The lowest BCUT2D eigenvalue weighted by atomic mass is 10.1. The number of rotatable bonds is 1. The number of carbonyl (C=O) groups excluding carboxylic acids is 2. The summed E-state index contributed by atoms with van der Waals surface area (Å²) in [6, 6.07) is 18.0. The lowest BCUT2D eigenvalue weighted by Crippen LogP contribution is -2.25. The van der Waals surface area contributed by atoms with E-state index in [-0.39, 0.29) is 11.7 Å². The minimum absolute atomic E-state index is 0.197. The number of benzene rings is 2. The summed E-state index contributed by atoms with van der Waals surface area (Å²) in [5.41, 5.74) is 3.25. The number of amides is 1. The molecule has 0 radical (unpaired) electrons. The van der Waals surface area contributed by atoms with Crippen LogP contribution in [0.4, 0.5) is 5.69 Å². The van der Waals surface area contributed by atoms with Crippen LogP contribution in [0.3, 0.4) is 0 Å². The number of aromatic nitrogens is 1. The number of carbonyl (C=O) groups is 2. The molecule has 1 aliphatic heterocycles. The van der Waals surface area contributed by atoms with Crippen molar-refractivity contribution in [1.82, 2.24) is 4.98 Å². The molecular weight excluding hydrogens is 326 g/mol. The van der Waals surface area contributed by atoms with E-state index in [2.05, 4.69) is 11.1 Å².